The maximum Gasteiger partial charge on any atom is 0.223 e. The van der Waals surface area contributed by atoms with Crippen molar-refractivity contribution in [3.63, 3.8) is 0 Å². The van der Waals surface area contributed by atoms with Crippen molar-refractivity contribution in [2.45, 2.75) is 45.6 Å². The van der Waals surface area contributed by atoms with Gasteiger partial charge < -0.3 is 5.32 Å². The third-order valence-electron chi connectivity index (χ3n) is 3.85. The van der Waals surface area contributed by atoms with Crippen molar-refractivity contribution in [2.75, 3.05) is 0 Å². The summed E-state index contributed by atoms with van der Waals surface area (Å²) >= 11 is 0. The first-order chi connectivity index (χ1) is 8.68. The monoisotopic (exact) mass is 245 g/mol. The summed E-state index contributed by atoms with van der Waals surface area (Å²) in [7, 11) is 0. The Morgan fingerprint density at radius 1 is 1.17 bits per heavy atom. The van der Waals surface area contributed by atoms with Crippen LogP contribution in [0.4, 0.5) is 0 Å². The van der Waals surface area contributed by atoms with Gasteiger partial charge in [0.05, 0.1) is 6.04 Å². The highest BCUT2D eigenvalue weighted by atomic mass is 16.1. The van der Waals surface area contributed by atoms with Crippen LogP contribution in [0.1, 0.15) is 51.1 Å². The van der Waals surface area contributed by atoms with Gasteiger partial charge >= 0.3 is 0 Å². The molecule has 1 unspecified atom stereocenters. The second-order valence-electron chi connectivity index (χ2n) is 5.60. The van der Waals surface area contributed by atoms with Gasteiger partial charge in [-0.2, -0.15) is 0 Å². The molecule has 1 N–H and O–H groups in total. The highest BCUT2D eigenvalue weighted by Crippen LogP contribution is 2.35. The van der Waals surface area contributed by atoms with Gasteiger partial charge in [0.2, 0.25) is 5.91 Å². The number of amides is 1. The molecule has 2 heteroatoms. The number of hydrogen-bond donors (Lipinski definition) is 1. The van der Waals surface area contributed by atoms with Crippen molar-refractivity contribution in [1.82, 2.24) is 5.32 Å². The second-order valence-corrected chi connectivity index (χ2v) is 5.60. The zero-order valence-electron chi connectivity index (χ0n) is 11.4. The van der Waals surface area contributed by atoms with E-state index in [1.807, 2.05) is 19.9 Å². The highest BCUT2D eigenvalue weighted by Gasteiger charge is 2.27. The van der Waals surface area contributed by atoms with Crippen LogP contribution in [0.3, 0.4) is 0 Å². The predicted octanol–water partition coefficient (Wildman–Crippen LogP) is 3.69. The van der Waals surface area contributed by atoms with Gasteiger partial charge in [-0.1, -0.05) is 57.0 Å². The van der Waals surface area contributed by atoms with E-state index in [0.29, 0.717) is 5.92 Å². The van der Waals surface area contributed by atoms with Crippen LogP contribution in [-0.4, -0.2) is 5.91 Å². The lowest BCUT2D eigenvalue weighted by molar-refractivity contribution is -0.125. The van der Waals surface area contributed by atoms with E-state index in [1.165, 1.54) is 31.2 Å². The normalized spacial score (nSPS) is 17.9. The van der Waals surface area contributed by atoms with Crippen molar-refractivity contribution in [3.05, 3.63) is 35.9 Å². The van der Waals surface area contributed by atoms with E-state index < -0.39 is 0 Å². The van der Waals surface area contributed by atoms with Crippen LogP contribution in [0.2, 0.25) is 0 Å². The van der Waals surface area contributed by atoms with E-state index in [1.54, 1.807) is 0 Å². The Labute approximate surface area is 110 Å². The van der Waals surface area contributed by atoms with Gasteiger partial charge in [0, 0.05) is 5.92 Å². The minimum Gasteiger partial charge on any atom is -0.349 e. The zero-order chi connectivity index (χ0) is 13.0. The summed E-state index contributed by atoms with van der Waals surface area (Å²) in [5.41, 5.74) is 1.25. The summed E-state index contributed by atoms with van der Waals surface area (Å²) in [5.74, 6) is 0.823. The molecule has 1 saturated carbocycles. The summed E-state index contributed by atoms with van der Waals surface area (Å²) in [5, 5.41) is 3.24. The van der Waals surface area contributed by atoms with Crippen LogP contribution >= 0.6 is 0 Å². The second kappa shape index (κ2) is 6.03. The molecule has 1 aromatic carbocycles. The van der Waals surface area contributed by atoms with E-state index >= 15 is 0 Å². The molecule has 18 heavy (non-hydrogen) atoms. The van der Waals surface area contributed by atoms with Gasteiger partial charge in [-0.3, -0.25) is 4.79 Å². The molecular formula is C16H23NO. The molecular weight excluding hydrogens is 222 g/mol. The summed E-state index contributed by atoms with van der Waals surface area (Å²) < 4.78 is 0. The van der Waals surface area contributed by atoms with E-state index in [2.05, 4.69) is 29.6 Å². The molecule has 1 aromatic rings. The average Bonchev–Trinajstić information content (AvgIpc) is 2.90. The molecule has 0 aliphatic heterocycles. The fraction of sp³-hybridized carbons (Fsp3) is 0.562. The topological polar surface area (TPSA) is 29.1 Å². The van der Waals surface area contributed by atoms with Crippen molar-refractivity contribution in [3.8, 4) is 0 Å². The number of nitrogens with one attached hydrogen (secondary N) is 1. The maximum absolute atomic E-state index is 12.0. The zero-order valence-corrected chi connectivity index (χ0v) is 11.4. The first-order valence-electron chi connectivity index (χ1n) is 7.04. The SMILES string of the molecule is CC(C)C(=O)NC(c1ccccc1)C1CCCC1. The van der Waals surface area contributed by atoms with Gasteiger partial charge in [0.15, 0.2) is 0 Å². The fourth-order valence-corrected chi connectivity index (χ4v) is 2.74. The largest absolute Gasteiger partial charge is 0.349 e. The smallest absolute Gasteiger partial charge is 0.223 e. The van der Waals surface area contributed by atoms with E-state index in [-0.39, 0.29) is 17.9 Å². The summed E-state index contributed by atoms with van der Waals surface area (Å²) in [4.78, 5) is 12.0. The Kier molecular flexibility index (Phi) is 4.40. The Balaban J connectivity index is 2.15. The molecule has 1 fully saturated rings. The van der Waals surface area contributed by atoms with Crippen molar-refractivity contribution >= 4 is 5.91 Å². The lowest BCUT2D eigenvalue weighted by Gasteiger charge is -2.26. The molecule has 2 nitrogen and oxygen atoms in total. The molecule has 0 radical (unpaired) electrons. The first-order valence-corrected chi connectivity index (χ1v) is 7.04. The van der Waals surface area contributed by atoms with Gasteiger partial charge in [0.25, 0.3) is 0 Å². The molecule has 1 aliphatic rings. The van der Waals surface area contributed by atoms with Crippen LogP contribution in [0.25, 0.3) is 0 Å². The Hall–Kier alpha value is -1.31. The quantitative estimate of drug-likeness (QED) is 0.861. The van der Waals surface area contributed by atoms with Crippen LogP contribution < -0.4 is 5.32 Å². The van der Waals surface area contributed by atoms with Gasteiger partial charge in [0.1, 0.15) is 0 Å². The third kappa shape index (κ3) is 3.12. The van der Waals surface area contributed by atoms with Crippen LogP contribution in [0.5, 0.6) is 0 Å². The first kappa shape index (κ1) is 13.1. The van der Waals surface area contributed by atoms with Crippen molar-refractivity contribution in [2.24, 2.45) is 11.8 Å². The lowest BCUT2D eigenvalue weighted by atomic mass is 9.91. The van der Waals surface area contributed by atoms with Crippen LogP contribution in [0.15, 0.2) is 30.3 Å². The Morgan fingerprint density at radius 2 is 1.78 bits per heavy atom. The predicted molar refractivity (Wildman–Crippen MR) is 74.1 cm³/mol. The number of benzene rings is 1. The minimum absolute atomic E-state index is 0.0533. The lowest BCUT2D eigenvalue weighted by Crippen LogP contribution is -2.35. The number of rotatable bonds is 4. The highest BCUT2D eigenvalue weighted by molar-refractivity contribution is 5.78. The summed E-state index contributed by atoms with van der Waals surface area (Å²) in [6.07, 6.45) is 5.06. The Bertz CT molecular complexity index is 379. The fourth-order valence-electron chi connectivity index (χ4n) is 2.74. The molecule has 2 rings (SSSR count). The standard InChI is InChI=1S/C16H23NO/c1-12(2)16(18)17-15(14-10-6-7-11-14)13-8-4-3-5-9-13/h3-5,8-9,12,14-15H,6-7,10-11H2,1-2H3,(H,17,18). The molecule has 1 amide bonds. The van der Waals surface area contributed by atoms with E-state index in [9.17, 15) is 4.79 Å². The molecule has 98 valence electrons. The average molecular weight is 245 g/mol. The minimum atomic E-state index is 0.0533. The van der Waals surface area contributed by atoms with E-state index in [4.69, 9.17) is 0 Å². The summed E-state index contributed by atoms with van der Waals surface area (Å²) in [6, 6.07) is 10.6. The molecule has 0 spiro atoms. The van der Waals surface area contributed by atoms with Crippen LogP contribution in [0, 0.1) is 11.8 Å². The van der Waals surface area contributed by atoms with Gasteiger partial charge in [-0.15, -0.1) is 0 Å². The Morgan fingerprint density at radius 3 is 2.33 bits per heavy atom. The van der Waals surface area contributed by atoms with Crippen molar-refractivity contribution < 1.29 is 4.79 Å². The summed E-state index contributed by atoms with van der Waals surface area (Å²) in [6.45, 7) is 3.90. The maximum atomic E-state index is 12.0. The molecule has 1 aliphatic carbocycles. The number of hydrogen-bond acceptors (Lipinski definition) is 1. The molecule has 0 bridgehead atoms. The molecule has 1 atom stereocenters. The van der Waals surface area contributed by atoms with Gasteiger partial charge in [-0.05, 0) is 24.3 Å². The van der Waals surface area contributed by atoms with E-state index in [0.717, 1.165) is 0 Å². The molecule has 0 heterocycles. The van der Waals surface area contributed by atoms with Crippen LogP contribution in [-0.2, 0) is 4.79 Å². The van der Waals surface area contributed by atoms with Gasteiger partial charge in [-0.25, -0.2) is 0 Å². The molecule has 0 saturated heterocycles. The third-order valence-corrected chi connectivity index (χ3v) is 3.85. The van der Waals surface area contributed by atoms with Crippen molar-refractivity contribution in [1.29, 1.82) is 0 Å². The number of carbonyl (C=O) groups excluding carboxylic acids is 1. The number of carbonyl (C=O) groups is 1. The molecule has 0 aromatic heterocycles.